The molecule has 2 aromatic heterocycles. The van der Waals surface area contributed by atoms with E-state index in [4.69, 9.17) is 11.6 Å². The summed E-state index contributed by atoms with van der Waals surface area (Å²) in [4.78, 5) is 19.5. The molecule has 0 atom stereocenters. The molecule has 0 aliphatic heterocycles. The van der Waals surface area contributed by atoms with Crippen LogP contribution in [0.2, 0.25) is 5.15 Å². The fraction of sp³-hybridized carbons (Fsp3) is 0.278. The van der Waals surface area contributed by atoms with E-state index in [9.17, 15) is 4.79 Å². The lowest BCUT2D eigenvalue weighted by Crippen LogP contribution is -2.08. The molecule has 0 saturated carbocycles. The van der Waals surface area contributed by atoms with Crippen molar-refractivity contribution in [2.45, 2.75) is 33.2 Å². The van der Waals surface area contributed by atoms with Gasteiger partial charge >= 0.3 is 0 Å². The molecule has 2 heterocycles. The maximum absolute atomic E-state index is 12.1. The van der Waals surface area contributed by atoms with Gasteiger partial charge in [-0.1, -0.05) is 37.1 Å². The molecule has 7 heteroatoms. The average molecular weight is 358 g/mol. The highest BCUT2D eigenvalue weighted by Crippen LogP contribution is 2.22. The number of benzene rings is 1. The summed E-state index contributed by atoms with van der Waals surface area (Å²) < 4.78 is 1.78. The molecular formula is C18H20ClN5O. The van der Waals surface area contributed by atoms with Crippen LogP contribution in [0.25, 0.3) is 17.1 Å². The van der Waals surface area contributed by atoms with E-state index < -0.39 is 0 Å². The molecule has 0 bridgehead atoms. The summed E-state index contributed by atoms with van der Waals surface area (Å²) in [5, 5.41) is 7.69. The van der Waals surface area contributed by atoms with Gasteiger partial charge in [0.25, 0.3) is 5.91 Å². The Bertz CT molecular complexity index is 892. The smallest absolute Gasteiger partial charge is 0.250 e. The van der Waals surface area contributed by atoms with Crippen LogP contribution in [0.15, 0.2) is 30.3 Å². The molecule has 0 fully saturated rings. The third-order valence-electron chi connectivity index (χ3n) is 3.87. The second-order valence-corrected chi connectivity index (χ2v) is 6.15. The number of halogens is 1. The van der Waals surface area contributed by atoms with Gasteiger partial charge < -0.3 is 4.98 Å². The fourth-order valence-electron chi connectivity index (χ4n) is 2.54. The first kappa shape index (κ1) is 17.2. The van der Waals surface area contributed by atoms with E-state index in [1.165, 1.54) is 6.08 Å². The lowest BCUT2D eigenvalue weighted by Gasteiger charge is -2.00. The van der Waals surface area contributed by atoms with Gasteiger partial charge in [0, 0.05) is 18.2 Å². The number of H-pyrrole nitrogens is 1. The van der Waals surface area contributed by atoms with Crippen LogP contribution in [0.4, 0.5) is 5.95 Å². The van der Waals surface area contributed by atoms with Crippen LogP contribution in [0.1, 0.15) is 31.0 Å². The van der Waals surface area contributed by atoms with Crippen molar-refractivity contribution in [3.63, 3.8) is 0 Å². The number of fused-ring (bicyclic) bond motifs is 1. The minimum atomic E-state index is -0.282. The van der Waals surface area contributed by atoms with E-state index in [-0.39, 0.29) is 5.91 Å². The zero-order chi connectivity index (χ0) is 17.8. The van der Waals surface area contributed by atoms with Gasteiger partial charge in [-0.2, -0.15) is 5.10 Å². The molecule has 25 heavy (non-hydrogen) atoms. The summed E-state index contributed by atoms with van der Waals surface area (Å²) in [7, 11) is 0. The molecule has 0 saturated heterocycles. The van der Waals surface area contributed by atoms with Crippen molar-refractivity contribution in [1.82, 2.24) is 19.7 Å². The Morgan fingerprint density at radius 3 is 2.96 bits per heavy atom. The maximum atomic E-state index is 12.1. The van der Waals surface area contributed by atoms with Crippen LogP contribution in [-0.4, -0.2) is 25.7 Å². The number of aryl methyl sites for hydroxylation is 2. The van der Waals surface area contributed by atoms with Crippen molar-refractivity contribution >= 4 is 40.6 Å². The van der Waals surface area contributed by atoms with E-state index in [1.807, 2.05) is 31.2 Å². The molecule has 0 radical (unpaired) electrons. The van der Waals surface area contributed by atoms with Gasteiger partial charge in [-0.05, 0) is 31.6 Å². The SMILES string of the molecule is CCCCn1nc(C)c(/C=C/C(=O)Nc2nc3ccccc3[nH]2)c1Cl. The average Bonchev–Trinajstić information content (AvgIpc) is 3.11. The first-order valence-electron chi connectivity index (χ1n) is 8.25. The van der Waals surface area contributed by atoms with Gasteiger partial charge in [0.2, 0.25) is 5.95 Å². The summed E-state index contributed by atoms with van der Waals surface area (Å²) >= 11 is 6.36. The van der Waals surface area contributed by atoms with Crippen molar-refractivity contribution in [2.24, 2.45) is 0 Å². The number of unbranched alkanes of at least 4 members (excludes halogenated alkanes) is 1. The van der Waals surface area contributed by atoms with Gasteiger partial charge in [-0.25, -0.2) is 4.98 Å². The zero-order valence-corrected chi connectivity index (χ0v) is 15.0. The number of nitrogens with zero attached hydrogens (tertiary/aromatic N) is 3. The van der Waals surface area contributed by atoms with Crippen LogP contribution >= 0.6 is 11.6 Å². The number of rotatable bonds is 6. The Balaban J connectivity index is 1.71. The summed E-state index contributed by atoms with van der Waals surface area (Å²) in [6, 6.07) is 7.59. The third-order valence-corrected chi connectivity index (χ3v) is 4.26. The number of aromatic nitrogens is 4. The monoisotopic (exact) mass is 357 g/mol. The predicted octanol–water partition coefficient (Wildman–Crippen LogP) is 4.17. The number of amides is 1. The lowest BCUT2D eigenvalue weighted by atomic mass is 10.2. The zero-order valence-electron chi connectivity index (χ0n) is 14.2. The Morgan fingerprint density at radius 1 is 1.40 bits per heavy atom. The number of nitrogens with one attached hydrogen (secondary N) is 2. The number of anilines is 1. The molecule has 130 valence electrons. The largest absolute Gasteiger partial charge is 0.324 e. The molecule has 0 aliphatic carbocycles. The van der Waals surface area contributed by atoms with Crippen LogP contribution in [0.5, 0.6) is 0 Å². The number of carbonyl (C=O) groups excluding carboxylic acids is 1. The molecule has 3 rings (SSSR count). The van der Waals surface area contributed by atoms with Crippen LogP contribution < -0.4 is 5.32 Å². The molecule has 1 aromatic carbocycles. The first-order chi connectivity index (χ1) is 12.1. The van der Waals surface area contributed by atoms with E-state index in [0.717, 1.165) is 41.7 Å². The Labute approximate surface area is 150 Å². The van der Waals surface area contributed by atoms with Crippen LogP contribution in [0, 0.1) is 6.92 Å². The Kier molecular flexibility index (Phi) is 5.19. The highest BCUT2D eigenvalue weighted by atomic mass is 35.5. The summed E-state index contributed by atoms with van der Waals surface area (Å²) in [5.41, 5.74) is 3.24. The van der Waals surface area contributed by atoms with Gasteiger partial charge in [-0.3, -0.25) is 14.8 Å². The second-order valence-electron chi connectivity index (χ2n) is 5.79. The Morgan fingerprint density at radius 2 is 2.20 bits per heavy atom. The third kappa shape index (κ3) is 3.91. The molecule has 3 aromatic rings. The van der Waals surface area contributed by atoms with Crippen molar-refractivity contribution in [2.75, 3.05) is 5.32 Å². The predicted molar refractivity (Wildman–Crippen MR) is 101 cm³/mol. The maximum Gasteiger partial charge on any atom is 0.250 e. The highest BCUT2D eigenvalue weighted by Gasteiger charge is 2.11. The normalized spacial score (nSPS) is 11.5. The van der Waals surface area contributed by atoms with Crippen molar-refractivity contribution in [3.8, 4) is 0 Å². The van der Waals surface area contributed by atoms with Crippen molar-refractivity contribution in [1.29, 1.82) is 0 Å². The van der Waals surface area contributed by atoms with Crippen LogP contribution in [-0.2, 0) is 11.3 Å². The number of hydrogen-bond donors (Lipinski definition) is 2. The molecule has 0 spiro atoms. The number of para-hydroxylation sites is 2. The topological polar surface area (TPSA) is 75.6 Å². The number of aromatic amines is 1. The van der Waals surface area contributed by atoms with Crippen LogP contribution in [0.3, 0.4) is 0 Å². The standard InChI is InChI=1S/C18H20ClN5O/c1-3-4-11-24-17(19)13(12(2)23-24)9-10-16(25)22-18-20-14-7-5-6-8-15(14)21-18/h5-10H,3-4,11H2,1-2H3,(H2,20,21,22,25)/b10-9+. The molecule has 0 aliphatic rings. The Hall–Kier alpha value is -2.60. The van der Waals surface area contributed by atoms with Gasteiger partial charge in [0.05, 0.1) is 16.7 Å². The molecule has 6 nitrogen and oxygen atoms in total. The number of carbonyl (C=O) groups is 1. The minimum Gasteiger partial charge on any atom is -0.324 e. The molecule has 2 N–H and O–H groups in total. The first-order valence-corrected chi connectivity index (χ1v) is 8.63. The van der Waals surface area contributed by atoms with E-state index in [2.05, 4.69) is 27.3 Å². The molecule has 1 amide bonds. The van der Waals surface area contributed by atoms with E-state index in [1.54, 1.807) is 10.8 Å². The lowest BCUT2D eigenvalue weighted by molar-refractivity contribution is -0.111. The van der Waals surface area contributed by atoms with Gasteiger partial charge in [-0.15, -0.1) is 0 Å². The quantitative estimate of drug-likeness (QED) is 0.650. The second kappa shape index (κ2) is 7.53. The van der Waals surface area contributed by atoms with E-state index in [0.29, 0.717) is 11.1 Å². The molecule has 0 unspecified atom stereocenters. The summed E-state index contributed by atoms with van der Waals surface area (Å²) in [6.45, 7) is 4.77. The van der Waals surface area contributed by atoms with E-state index >= 15 is 0 Å². The summed E-state index contributed by atoms with van der Waals surface area (Å²) in [5.74, 6) is 0.133. The minimum absolute atomic E-state index is 0.282. The summed E-state index contributed by atoms with van der Waals surface area (Å²) in [6.07, 6.45) is 5.20. The molecular weight excluding hydrogens is 338 g/mol. The van der Waals surface area contributed by atoms with Crippen molar-refractivity contribution in [3.05, 3.63) is 46.8 Å². The fourth-order valence-corrected chi connectivity index (χ4v) is 2.86. The highest BCUT2D eigenvalue weighted by molar-refractivity contribution is 6.31. The van der Waals surface area contributed by atoms with Gasteiger partial charge in [0.15, 0.2) is 0 Å². The number of imidazole rings is 1. The van der Waals surface area contributed by atoms with Crippen molar-refractivity contribution < 1.29 is 4.79 Å². The van der Waals surface area contributed by atoms with Gasteiger partial charge in [0.1, 0.15) is 5.15 Å². The number of hydrogen-bond acceptors (Lipinski definition) is 3.